The summed E-state index contributed by atoms with van der Waals surface area (Å²) in [6, 6.07) is -4.47. The summed E-state index contributed by atoms with van der Waals surface area (Å²) in [5, 5.41) is 23.3. The Balaban J connectivity index is 2.99. The zero-order valence-electron chi connectivity index (χ0n) is 20.1. The molecule has 3 amide bonds. The van der Waals surface area contributed by atoms with Crippen molar-refractivity contribution in [2.24, 2.45) is 28.1 Å². The highest BCUT2D eigenvalue weighted by molar-refractivity contribution is 5.95. The number of nitrogens with zero attached hydrogens (tertiary/aromatic N) is 2. The predicted octanol–water partition coefficient (Wildman–Crippen LogP) is -2.07. The number of guanidine groups is 1. The number of carboxylic acid groups (broad SMARTS) is 2. The second-order valence-corrected chi connectivity index (χ2v) is 8.93. The SMILES string of the molecule is CC(C)CC(NC(=O)C1CCCN1C(=O)C(CCCN=C(N)N)NC(=O)C(N)CC(=O)O)C(=O)O. The van der Waals surface area contributed by atoms with E-state index in [-0.39, 0.29) is 37.8 Å². The van der Waals surface area contributed by atoms with Gasteiger partial charge < -0.3 is 42.9 Å². The highest BCUT2D eigenvalue weighted by atomic mass is 16.4. The molecule has 14 nitrogen and oxygen atoms in total. The maximum Gasteiger partial charge on any atom is 0.326 e. The summed E-state index contributed by atoms with van der Waals surface area (Å²) in [6.07, 6.45) is 0.867. The monoisotopic (exact) mass is 499 g/mol. The molecule has 1 fully saturated rings. The van der Waals surface area contributed by atoms with Gasteiger partial charge in [0.05, 0.1) is 12.5 Å². The summed E-state index contributed by atoms with van der Waals surface area (Å²) in [5.41, 5.74) is 16.2. The van der Waals surface area contributed by atoms with Crippen LogP contribution in [-0.2, 0) is 24.0 Å². The van der Waals surface area contributed by atoms with E-state index in [9.17, 15) is 29.1 Å². The molecule has 1 aliphatic rings. The number of aliphatic carboxylic acids is 2. The molecule has 4 atom stereocenters. The van der Waals surface area contributed by atoms with Crippen LogP contribution in [0.5, 0.6) is 0 Å². The smallest absolute Gasteiger partial charge is 0.326 e. The fraction of sp³-hybridized carbons (Fsp3) is 0.714. The first-order valence-electron chi connectivity index (χ1n) is 11.5. The maximum atomic E-state index is 13.3. The van der Waals surface area contributed by atoms with Gasteiger partial charge in [0, 0.05) is 13.1 Å². The fourth-order valence-electron chi connectivity index (χ4n) is 3.78. The van der Waals surface area contributed by atoms with Crippen LogP contribution in [-0.4, -0.2) is 88.0 Å². The van der Waals surface area contributed by atoms with E-state index in [0.29, 0.717) is 19.3 Å². The molecule has 35 heavy (non-hydrogen) atoms. The number of rotatable bonds is 14. The second-order valence-electron chi connectivity index (χ2n) is 8.93. The molecule has 14 heteroatoms. The molecule has 0 aromatic heterocycles. The lowest BCUT2D eigenvalue weighted by Crippen LogP contribution is -2.57. The van der Waals surface area contributed by atoms with Gasteiger partial charge in [-0.3, -0.25) is 24.2 Å². The van der Waals surface area contributed by atoms with Gasteiger partial charge in [0.25, 0.3) is 0 Å². The van der Waals surface area contributed by atoms with E-state index in [0.717, 1.165) is 0 Å². The average Bonchev–Trinajstić information content (AvgIpc) is 3.23. The molecule has 1 rings (SSSR count). The lowest BCUT2D eigenvalue weighted by Gasteiger charge is -2.30. The van der Waals surface area contributed by atoms with Crippen LogP contribution in [0.25, 0.3) is 0 Å². The Kier molecular flexibility index (Phi) is 11.9. The number of nitrogens with two attached hydrogens (primary N) is 3. The third kappa shape index (κ3) is 10.2. The van der Waals surface area contributed by atoms with Gasteiger partial charge in [0.1, 0.15) is 18.1 Å². The van der Waals surface area contributed by atoms with Gasteiger partial charge in [-0.05, 0) is 38.0 Å². The van der Waals surface area contributed by atoms with Crippen LogP contribution in [0.3, 0.4) is 0 Å². The Hall–Kier alpha value is -3.42. The number of amides is 3. The minimum absolute atomic E-state index is 0.0255. The van der Waals surface area contributed by atoms with Crippen molar-refractivity contribution >= 4 is 35.6 Å². The van der Waals surface area contributed by atoms with E-state index < -0.39 is 60.2 Å². The van der Waals surface area contributed by atoms with Crippen LogP contribution in [0.2, 0.25) is 0 Å². The van der Waals surface area contributed by atoms with Gasteiger partial charge in [-0.1, -0.05) is 13.8 Å². The van der Waals surface area contributed by atoms with E-state index in [4.69, 9.17) is 22.3 Å². The standard InChI is InChI=1S/C21H37N7O7/c1-11(2)9-14(20(34)35)27-18(32)15-6-4-8-28(15)19(33)13(5-3-7-25-21(23)24)26-17(31)12(22)10-16(29)30/h11-15H,3-10,22H2,1-2H3,(H,26,31)(H,27,32)(H,29,30)(H,34,35)(H4,23,24,25). The van der Waals surface area contributed by atoms with Gasteiger partial charge in [-0.25, -0.2) is 4.79 Å². The highest BCUT2D eigenvalue weighted by Crippen LogP contribution is 2.20. The van der Waals surface area contributed by atoms with E-state index in [1.54, 1.807) is 0 Å². The molecule has 10 N–H and O–H groups in total. The molecule has 4 unspecified atom stereocenters. The van der Waals surface area contributed by atoms with E-state index >= 15 is 0 Å². The zero-order chi connectivity index (χ0) is 26.7. The molecule has 0 aliphatic carbocycles. The molecule has 1 heterocycles. The summed E-state index contributed by atoms with van der Waals surface area (Å²) in [6.45, 7) is 4.08. The normalized spacial score (nSPS) is 17.8. The minimum Gasteiger partial charge on any atom is -0.481 e. The first-order valence-corrected chi connectivity index (χ1v) is 11.5. The largest absolute Gasteiger partial charge is 0.481 e. The fourth-order valence-corrected chi connectivity index (χ4v) is 3.78. The minimum atomic E-state index is -1.37. The lowest BCUT2D eigenvalue weighted by atomic mass is 10.0. The molecule has 1 aliphatic heterocycles. The summed E-state index contributed by atoms with van der Waals surface area (Å²) in [7, 11) is 0. The second kappa shape index (κ2) is 14.1. The van der Waals surface area contributed by atoms with Crippen molar-refractivity contribution in [1.29, 1.82) is 0 Å². The van der Waals surface area contributed by atoms with Gasteiger partial charge in [-0.2, -0.15) is 0 Å². The topological polar surface area (TPSA) is 244 Å². The first kappa shape index (κ1) is 29.6. The Morgan fingerprint density at radius 2 is 1.74 bits per heavy atom. The summed E-state index contributed by atoms with van der Waals surface area (Å²) in [5.74, 6) is -4.51. The molecular formula is C21H37N7O7. The summed E-state index contributed by atoms with van der Waals surface area (Å²) >= 11 is 0. The van der Waals surface area contributed by atoms with Crippen LogP contribution < -0.4 is 27.8 Å². The van der Waals surface area contributed by atoms with E-state index in [2.05, 4.69) is 15.6 Å². The molecule has 0 spiro atoms. The quantitative estimate of drug-likeness (QED) is 0.0781. The molecular weight excluding hydrogens is 462 g/mol. The van der Waals surface area contributed by atoms with Crippen molar-refractivity contribution in [1.82, 2.24) is 15.5 Å². The average molecular weight is 500 g/mol. The molecule has 0 saturated carbocycles. The van der Waals surface area contributed by atoms with E-state index in [1.165, 1.54) is 4.90 Å². The van der Waals surface area contributed by atoms with Crippen LogP contribution in [0.4, 0.5) is 0 Å². The molecule has 0 aromatic carbocycles. The number of carbonyl (C=O) groups is 5. The number of nitrogens with one attached hydrogen (secondary N) is 2. The maximum absolute atomic E-state index is 13.3. The van der Waals surface area contributed by atoms with Crippen molar-refractivity contribution < 1.29 is 34.2 Å². The number of aliphatic imine (C=N–C) groups is 1. The van der Waals surface area contributed by atoms with Crippen molar-refractivity contribution in [3.63, 3.8) is 0 Å². The van der Waals surface area contributed by atoms with E-state index in [1.807, 2.05) is 13.8 Å². The highest BCUT2D eigenvalue weighted by Gasteiger charge is 2.39. The Morgan fingerprint density at radius 1 is 1.09 bits per heavy atom. The van der Waals surface area contributed by atoms with Crippen molar-refractivity contribution in [2.75, 3.05) is 13.1 Å². The zero-order valence-corrected chi connectivity index (χ0v) is 20.1. The van der Waals surface area contributed by atoms with Crippen LogP contribution >= 0.6 is 0 Å². The third-order valence-electron chi connectivity index (χ3n) is 5.45. The first-order chi connectivity index (χ1) is 16.3. The van der Waals surface area contributed by atoms with Crippen LogP contribution in [0.1, 0.15) is 52.4 Å². The number of carbonyl (C=O) groups excluding carboxylic acids is 3. The molecule has 1 saturated heterocycles. The Labute approximate surface area is 203 Å². The van der Waals surface area contributed by atoms with Gasteiger partial charge in [-0.15, -0.1) is 0 Å². The van der Waals surface area contributed by atoms with Gasteiger partial charge in [0.2, 0.25) is 17.7 Å². The third-order valence-corrected chi connectivity index (χ3v) is 5.45. The molecule has 198 valence electrons. The van der Waals surface area contributed by atoms with Gasteiger partial charge in [0.15, 0.2) is 5.96 Å². The lowest BCUT2D eigenvalue weighted by molar-refractivity contribution is -0.145. The molecule has 0 bridgehead atoms. The molecule has 0 radical (unpaired) electrons. The molecule has 0 aromatic rings. The van der Waals surface area contributed by atoms with Crippen LogP contribution in [0, 0.1) is 5.92 Å². The summed E-state index contributed by atoms with van der Waals surface area (Å²) in [4.78, 5) is 66.2. The number of hydrogen-bond acceptors (Lipinski definition) is 7. The number of likely N-dealkylation sites (tertiary alicyclic amines) is 1. The van der Waals surface area contributed by atoms with Crippen LogP contribution in [0.15, 0.2) is 4.99 Å². The Bertz CT molecular complexity index is 814. The predicted molar refractivity (Wildman–Crippen MR) is 126 cm³/mol. The van der Waals surface area contributed by atoms with Crippen molar-refractivity contribution in [2.45, 2.75) is 76.5 Å². The van der Waals surface area contributed by atoms with Crippen molar-refractivity contribution in [3.8, 4) is 0 Å². The number of hydrogen-bond donors (Lipinski definition) is 7. The van der Waals surface area contributed by atoms with Crippen molar-refractivity contribution in [3.05, 3.63) is 0 Å². The number of carboxylic acids is 2. The Morgan fingerprint density at radius 3 is 2.29 bits per heavy atom. The van der Waals surface area contributed by atoms with Gasteiger partial charge >= 0.3 is 11.9 Å². The summed E-state index contributed by atoms with van der Waals surface area (Å²) < 4.78 is 0.